The molecule has 0 saturated carbocycles. The number of aryl methyl sites for hydroxylation is 1. The Morgan fingerprint density at radius 3 is 2.56 bits per heavy atom. The van der Waals surface area contributed by atoms with Gasteiger partial charge >= 0.3 is 11.9 Å². The van der Waals surface area contributed by atoms with Crippen molar-refractivity contribution >= 4 is 29.8 Å². The first-order valence-corrected chi connectivity index (χ1v) is 8.58. The summed E-state index contributed by atoms with van der Waals surface area (Å²) in [5.41, 5.74) is 1.18. The molecule has 0 aliphatic rings. The van der Waals surface area contributed by atoms with E-state index < -0.39 is 11.9 Å². The minimum absolute atomic E-state index is 0.0240. The average Bonchev–Trinajstić information content (AvgIpc) is 3.29. The maximum absolute atomic E-state index is 11.5. The van der Waals surface area contributed by atoms with Crippen molar-refractivity contribution in [3.63, 3.8) is 0 Å². The van der Waals surface area contributed by atoms with Gasteiger partial charge in [0.1, 0.15) is 22.3 Å². The van der Waals surface area contributed by atoms with Crippen molar-refractivity contribution < 1.29 is 23.8 Å². The first-order valence-electron chi connectivity index (χ1n) is 7.76. The van der Waals surface area contributed by atoms with E-state index in [1.54, 1.807) is 43.3 Å². The number of hydrogen-bond donors (Lipinski definition) is 2. The van der Waals surface area contributed by atoms with Crippen LogP contribution in [0.25, 0.3) is 17.4 Å². The van der Waals surface area contributed by atoms with E-state index in [1.807, 2.05) is 0 Å². The first kappa shape index (κ1) is 18.5. The number of hydrogen-bond acceptors (Lipinski definition) is 7. The number of esters is 1. The maximum Gasteiger partial charge on any atom is 0.342 e. The van der Waals surface area contributed by atoms with Gasteiger partial charge in [-0.1, -0.05) is 12.1 Å². The van der Waals surface area contributed by atoms with Crippen molar-refractivity contribution in [2.24, 2.45) is 0 Å². The van der Waals surface area contributed by atoms with E-state index in [4.69, 9.17) is 4.42 Å². The summed E-state index contributed by atoms with van der Waals surface area (Å²) in [6, 6.07) is 10.1. The Hall–Kier alpha value is -3.33. The number of aliphatic carboxylic acids is 1. The highest BCUT2D eigenvalue weighted by Crippen LogP contribution is 2.28. The van der Waals surface area contributed by atoms with Crippen LogP contribution in [-0.4, -0.2) is 39.3 Å². The molecule has 3 aromatic rings. The van der Waals surface area contributed by atoms with Crippen LogP contribution in [0.1, 0.15) is 21.9 Å². The highest BCUT2D eigenvalue weighted by atomic mass is 32.2. The number of thioether (sulfide) groups is 1. The van der Waals surface area contributed by atoms with E-state index in [9.17, 15) is 14.7 Å². The zero-order chi connectivity index (χ0) is 19.4. The monoisotopic (exact) mass is 385 g/mol. The third-order valence-corrected chi connectivity index (χ3v) is 4.36. The molecule has 1 aromatic carbocycles. The molecule has 9 heteroatoms. The smallest absolute Gasteiger partial charge is 0.342 e. The minimum atomic E-state index is -1.11. The zero-order valence-electron chi connectivity index (χ0n) is 14.4. The molecule has 3 rings (SSSR count). The third-order valence-electron chi connectivity index (χ3n) is 3.48. The molecule has 138 valence electrons. The Balaban J connectivity index is 1.81. The van der Waals surface area contributed by atoms with Crippen LogP contribution in [0.3, 0.4) is 0 Å². The maximum atomic E-state index is 11.5. The molecule has 2 N–H and O–H groups in total. The van der Waals surface area contributed by atoms with Crippen molar-refractivity contribution in [3.05, 3.63) is 58.5 Å². The van der Waals surface area contributed by atoms with Gasteiger partial charge in [-0.05, 0) is 43.0 Å². The normalized spacial score (nSPS) is 11.4. The summed E-state index contributed by atoms with van der Waals surface area (Å²) in [6.07, 6.45) is 1.41. The molecule has 0 radical (unpaired) electrons. The number of H-pyrrole nitrogens is 1. The number of carboxylic acids is 1. The zero-order valence-corrected chi connectivity index (χ0v) is 15.2. The molecule has 2 heterocycles. The molecule has 27 heavy (non-hydrogen) atoms. The Morgan fingerprint density at radius 1 is 1.22 bits per heavy atom. The first-order chi connectivity index (χ1) is 13.0. The van der Waals surface area contributed by atoms with Crippen molar-refractivity contribution in [1.82, 2.24) is 15.2 Å². The van der Waals surface area contributed by atoms with Gasteiger partial charge in [0.2, 0.25) is 5.16 Å². The number of rotatable bonds is 6. The number of aromatic amines is 1. The van der Waals surface area contributed by atoms with Crippen LogP contribution in [0.4, 0.5) is 0 Å². The number of benzene rings is 1. The number of furan rings is 1. The quantitative estimate of drug-likeness (QED) is 0.377. The molecule has 0 spiro atoms. The van der Waals surface area contributed by atoms with E-state index in [1.165, 1.54) is 13.2 Å². The van der Waals surface area contributed by atoms with Crippen LogP contribution >= 0.6 is 11.8 Å². The Kier molecular flexibility index (Phi) is 5.41. The standard InChI is InChI=1S/C18H15N3O5S/c1-10-19-18(21-20-10)27-15(16(22)23)9-13-7-8-14(26-13)11-3-5-12(6-4-11)17(24)25-2/h3-9H,1-2H3,(H,22,23)(H,19,20,21)/b15-9-. The van der Waals surface area contributed by atoms with E-state index in [-0.39, 0.29) is 4.91 Å². The number of carbonyl (C=O) groups is 2. The average molecular weight is 385 g/mol. The molecular weight excluding hydrogens is 370 g/mol. The number of ether oxygens (including phenoxy) is 1. The van der Waals surface area contributed by atoms with Gasteiger partial charge in [-0.2, -0.15) is 0 Å². The van der Waals surface area contributed by atoms with Crippen molar-refractivity contribution in [3.8, 4) is 11.3 Å². The molecule has 0 atom stereocenters. The largest absolute Gasteiger partial charge is 0.477 e. The van der Waals surface area contributed by atoms with Gasteiger partial charge < -0.3 is 14.3 Å². The van der Waals surface area contributed by atoms with Crippen molar-refractivity contribution in [2.75, 3.05) is 7.11 Å². The van der Waals surface area contributed by atoms with Crippen LogP contribution in [0.15, 0.2) is 50.9 Å². The second-order valence-corrected chi connectivity index (χ2v) is 6.40. The van der Waals surface area contributed by atoms with Gasteiger partial charge in [-0.25, -0.2) is 14.6 Å². The van der Waals surface area contributed by atoms with Gasteiger partial charge in [0.25, 0.3) is 0 Å². The number of carboxylic acid groups (broad SMARTS) is 1. The summed E-state index contributed by atoms with van der Waals surface area (Å²) in [6.45, 7) is 1.73. The number of nitrogens with one attached hydrogen (secondary N) is 1. The number of aromatic nitrogens is 3. The number of nitrogens with zero attached hydrogens (tertiary/aromatic N) is 2. The summed E-state index contributed by atoms with van der Waals surface area (Å²) < 4.78 is 10.4. The van der Waals surface area contributed by atoms with Gasteiger partial charge in [0, 0.05) is 11.6 Å². The predicted octanol–water partition coefficient (Wildman–Crippen LogP) is 3.38. The summed E-state index contributed by atoms with van der Waals surface area (Å²) in [5.74, 6) is -0.0175. The molecule has 8 nitrogen and oxygen atoms in total. The topological polar surface area (TPSA) is 118 Å². The van der Waals surface area contributed by atoms with E-state index in [0.717, 1.165) is 17.3 Å². The highest BCUT2D eigenvalue weighted by Gasteiger charge is 2.14. The van der Waals surface area contributed by atoms with Crippen LogP contribution in [-0.2, 0) is 9.53 Å². The van der Waals surface area contributed by atoms with Crippen LogP contribution in [0.5, 0.6) is 0 Å². The summed E-state index contributed by atoms with van der Waals surface area (Å²) >= 11 is 0.922. The Bertz CT molecular complexity index is 1000. The number of carbonyl (C=O) groups excluding carboxylic acids is 1. The van der Waals surface area contributed by atoms with E-state index >= 15 is 0 Å². The second-order valence-electron chi connectivity index (χ2n) is 5.39. The minimum Gasteiger partial charge on any atom is -0.477 e. The van der Waals surface area contributed by atoms with Crippen LogP contribution in [0, 0.1) is 6.92 Å². The fraction of sp³-hybridized carbons (Fsp3) is 0.111. The molecule has 0 amide bonds. The SMILES string of the molecule is COC(=O)c1ccc(-c2ccc(/C=C(\Sc3n[nH]c(C)n3)C(=O)O)o2)cc1. The lowest BCUT2D eigenvalue weighted by Gasteiger charge is -2.01. The lowest BCUT2D eigenvalue weighted by Crippen LogP contribution is -2.00. The van der Waals surface area contributed by atoms with E-state index in [2.05, 4.69) is 19.9 Å². The molecule has 0 bridgehead atoms. The summed E-state index contributed by atoms with van der Waals surface area (Å²) in [4.78, 5) is 27.1. The van der Waals surface area contributed by atoms with E-state index in [0.29, 0.717) is 28.1 Å². The molecule has 0 unspecified atom stereocenters. The van der Waals surface area contributed by atoms with Gasteiger partial charge in [0.15, 0.2) is 0 Å². The molecule has 0 fully saturated rings. The Morgan fingerprint density at radius 2 is 1.96 bits per heavy atom. The van der Waals surface area contributed by atoms with Crippen LogP contribution in [0.2, 0.25) is 0 Å². The molecule has 2 aromatic heterocycles. The van der Waals surface area contributed by atoms with Gasteiger partial charge in [0.05, 0.1) is 12.7 Å². The Labute approximate surface area is 158 Å². The molecule has 0 aliphatic carbocycles. The van der Waals surface area contributed by atoms with Crippen molar-refractivity contribution in [2.45, 2.75) is 12.1 Å². The predicted molar refractivity (Wildman–Crippen MR) is 98.1 cm³/mol. The second kappa shape index (κ2) is 7.92. The fourth-order valence-corrected chi connectivity index (χ4v) is 2.94. The van der Waals surface area contributed by atoms with Gasteiger partial charge in [-0.15, -0.1) is 5.10 Å². The summed E-state index contributed by atoms with van der Waals surface area (Å²) in [7, 11) is 1.32. The molecule has 0 saturated heterocycles. The third kappa shape index (κ3) is 4.45. The number of methoxy groups -OCH3 is 1. The van der Waals surface area contributed by atoms with Gasteiger partial charge in [-0.3, -0.25) is 5.10 Å². The lowest BCUT2D eigenvalue weighted by atomic mass is 10.1. The fourth-order valence-electron chi connectivity index (χ4n) is 2.20. The van der Waals surface area contributed by atoms with Crippen LogP contribution < -0.4 is 0 Å². The molecular formula is C18H15N3O5S. The molecule has 0 aliphatic heterocycles. The van der Waals surface area contributed by atoms with Crippen molar-refractivity contribution in [1.29, 1.82) is 0 Å². The summed E-state index contributed by atoms with van der Waals surface area (Å²) in [5, 5.41) is 16.3. The highest BCUT2D eigenvalue weighted by molar-refractivity contribution is 8.04. The lowest BCUT2D eigenvalue weighted by molar-refractivity contribution is -0.131.